The molecule has 11 nitrogen and oxygen atoms in total. The van der Waals surface area contributed by atoms with Crippen LogP contribution in [0.5, 0.6) is 5.75 Å². The Hall–Kier alpha value is -5.29. The standard InChI is InChI=1S/C33H32N6O5/c1-4-7-28-27(18-21-10-12-22(13-11-21)25-8-5-6-9-26(25)29-36-32(42)44-37-29)30(41)38(31-34-20-35-39(28)31)23-14-16-24(17-15-23)43-33(2,3)19-40/h5-6,8-17,20,40H,4,7,18-19H2,1-3H3,(H,36,37,42). The number of nitrogens with one attached hydrogen (secondary N) is 1. The number of aliphatic hydroxyl groups excluding tert-OH is 1. The van der Waals surface area contributed by atoms with Gasteiger partial charge in [0.2, 0.25) is 5.78 Å². The SMILES string of the molecule is CCCc1c(Cc2ccc(-c3ccccc3-c3noc(=O)[nH]3)cc2)c(=O)n(-c2ccc(OC(C)(C)CO)cc2)c2ncnn12. The molecule has 0 saturated carbocycles. The maximum Gasteiger partial charge on any atom is 0.439 e. The summed E-state index contributed by atoms with van der Waals surface area (Å²) in [5.74, 6) is 0.761. The summed E-state index contributed by atoms with van der Waals surface area (Å²) in [5.41, 5.74) is 4.71. The number of aryl methyl sites for hydroxylation is 1. The predicted octanol–water partition coefficient (Wildman–Crippen LogP) is 4.58. The average Bonchev–Trinajstić information content (AvgIpc) is 3.69. The summed E-state index contributed by atoms with van der Waals surface area (Å²) >= 11 is 0. The molecule has 0 atom stereocenters. The van der Waals surface area contributed by atoms with Crippen molar-refractivity contribution < 1.29 is 14.4 Å². The normalized spacial score (nSPS) is 11.7. The van der Waals surface area contributed by atoms with Gasteiger partial charge in [-0.25, -0.2) is 13.9 Å². The van der Waals surface area contributed by atoms with Gasteiger partial charge in [-0.05, 0) is 61.2 Å². The van der Waals surface area contributed by atoms with E-state index in [1.165, 1.54) is 6.33 Å². The first-order valence-electron chi connectivity index (χ1n) is 14.4. The third-order valence-corrected chi connectivity index (χ3v) is 7.42. The number of nitrogens with zero attached hydrogens (tertiary/aromatic N) is 5. The Labute approximate surface area is 252 Å². The molecular weight excluding hydrogens is 560 g/mol. The molecular formula is C33H32N6O5. The quantitative estimate of drug-likeness (QED) is 0.236. The van der Waals surface area contributed by atoms with Gasteiger partial charge in [0.15, 0.2) is 5.82 Å². The van der Waals surface area contributed by atoms with Gasteiger partial charge in [-0.15, -0.1) is 0 Å². The Morgan fingerprint density at radius 2 is 1.70 bits per heavy atom. The van der Waals surface area contributed by atoms with Crippen LogP contribution in [0.3, 0.4) is 0 Å². The van der Waals surface area contributed by atoms with Crippen LogP contribution in [0.4, 0.5) is 0 Å². The number of benzene rings is 3. The van der Waals surface area contributed by atoms with Crippen LogP contribution in [0, 0.1) is 0 Å². The first-order valence-corrected chi connectivity index (χ1v) is 14.4. The van der Waals surface area contributed by atoms with Crippen molar-refractivity contribution in [1.29, 1.82) is 0 Å². The van der Waals surface area contributed by atoms with E-state index in [4.69, 9.17) is 9.26 Å². The van der Waals surface area contributed by atoms with E-state index >= 15 is 0 Å². The fourth-order valence-electron chi connectivity index (χ4n) is 5.27. The molecule has 0 unspecified atom stereocenters. The van der Waals surface area contributed by atoms with Crippen molar-refractivity contribution in [3.05, 3.63) is 117 Å². The molecule has 3 aromatic heterocycles. The van der Waals surface area contributed by atoms with Gasteiger partial charge in [-0.1, -0.05) is 67.0 Å². The first kappa shape index (κ1) is 28.8. The minimum absolute atomic E-state index is 0.132. The molecule has 0 fully saturated rings. The Balaban J connectivity index is 1.38. The molecule has 44 heavy (non-hydrogen) atoms. The first-order chi connectivity index (χ1) is 21.3. The fraction of sp³-hybridized carbons (Fsp3) is 0.242. The zero-order valence-electron chi connectivity index (χ0n) is 24.7. The van der Waals surface area contributed by atoms with Gasteiger partial charge in [-0.3, -0.25) is 14.3 Å². The third kappa shape index (κ3) is 5.57. The largest absolute Gasteiger partial charge is 0.485 e. The van der Waals surface area contributed by atoms with Crippen LogP contribution in [-0.2, 0) is 12.8 Å². The average molecular weight is 593 g/mol. The van der Waals surface area contributed by atoms with Crippen LogP contribution >= 0.6 is 0 Å². The second kappa shape index (κ2) is 11.8. The number of hydrogen-bond donors (Lipinski definition) is 2. The Kier molecular flexibility index (Phi) is 7.71. The van der Waals surface area contributed by atoms with Crippen LogP contribution < -0.4 is 16.1 Å². The zero-order chi connectivity index (χ0) is 30.8. The van der Waals surface area contributed by atoms with E-state index in [0.29, 0.717) is 41.4 Å². The lowest BCUT2D eigenvalue weighted by Crippen LogP contribution is -2.32. The molecule has 0 aliphatic rings. The predicted molar refractivity (Wildman–Crippen MR) is 165 cm³/mol. The number of rotatable bonds is 10. The number of hydrogen-bond acceptors (Lipinski definition) is 8. The van der Waals surface area contributed by atoms with Gasteiger partial charge in [0, 0.05) is 17.5 Å². The van der Waals surface area contributed by atoms with E-state index in [-0.39, 0.29) is 12.2 Å². The number of H-pyrrole nitrogens is 1. The highest BCUT2D eigenvalue weighted by Gasteiger charge is 2.21. The Morgan fingerprint density at radius 1 is 0.977 bits per heavy atom. The molecule has 6 aromatic rings. The zero-order valence-corrected chi connectivity index (χ0v) is 24.7. The van der Waals surface area contributed by atoms with E-state index in [1.54, 1.807) is 47.2 Å². The van der Waals surface area contributed by atoms with Crippen molar-refractivity contribution in [2.24, 2.45) is 0 Å². The van der Waals surface area contributed by atoms with Crippen molar-refractivity contribution in [2.75, 3.05) is 6.61 Å². The van der Waals surface area contributed by atoms with Crippen LogP contribution in [0.15, 0.2) is 93.2 Å². The number of aliphatic hydroxyl groups is 1. The third-order valence-electron chi connectivity index (χ3n) is 7.42. The number of fused-ring (bicyclic) bond motifs is 1. The highest BCUT2D eigenvalue weighted by Crippen LogP contribution is 2.30. The van der Waals surface area contributed by atoms with Crippen LogP contribution in [0.1, 0.15) is 44.0 Å². The summed E-state index contributed by atoms with van der Waals surface area (Å²) in [4.78, 5) is 32.8. The second-order valence-corrected chi connectivity index (χ2v) is 11.2. The van der Waals surface area contributed by atoms with Gasteiger partial charge >= 0.3 is 5.76 Å². The molecule has 0 aliphatic carbocycles. The van der Waals surface area contributed by atoms with Gasteiger partial charge in [-0.2, -0.15) is 10.1 Å². The smallest absolute Gasteiger partial charge is 0.439 e. The molecule has 0 amide bonds. The number of ether oxygens (including phenoxy) is 1. The van der Waals surface area contributed by atoms with Crippen molar-refractivity contribution in [3.63, 3.8) is 0 Å². The molecule has 0 saturated heterocycles. The van der Waals surface area contributed by atoms with E-state index in [9.17, 15) is 14.7 Å². The molecule has 0 bridgehead atoms. The summed E-state index contributed by atoms with van der Waals surface area (Å²) in [6.07, 6.45) is 3.35. The minimum atomic E-state index is -0.736. The highest BCUT2D eigenvalue weighted by atomic mass is 16.5. The Morgan fingerprint density at radius 3 is 2.36 bits per heavy atom. The van der Waals surface area contributed by atoms with Gasteiger partial charge < -0.3 is 9.84 Å². The maximum atomic E-state index is 14.2. The van der Waals surface area contributed by atoms with Crippen molar-refractivity contribution >= 4 is 5.78 Å². The summed E-state index contributed by atoms with van der Waals surface area (Å²) in [6, 6.07) is 22.7. The molecule has 6 rings (SSSR count). The maximum absolute atomic E-state index is 14.2. The molecule has 3 aromatic carbocycles. The Bertz CT molecular complexity index is 2030. The van der Waals surface area contributed by atoms with Crippen LogP contribution in [0.2, 0.25) is 0 Å². The minimum Gasteiger partial charge on any atom is -0.485 e. The topological polar surface area (TPSA) is 141 Å². The van der Waals surface area contributed by atoms with Crippen molar-refractivity contribution in [3.8, 4) is 34.0 Å². The van der Waals surface area contributed by atoms with E-state index in [1.807, 2.05) is 48.5 Å². The lowest BCUT2D eigenvalue weighted by atomic mass is 9.96. The second-order valence-electron chi connectivity index (χ2n) is 11.2. The lowest BCUT2D eigenvalue weighted by Gasteiger charge is -2.24. The summed E-state index contributed by atoms with van der Waals surface area (Å²) in [6.45, 7) is 5.54. The van der Waals surface area contributed by atoms with Gasteiger partial charge in [0.05, 0.1) is 18.0 Å². The molecule has 0 spiro atoms. The molecule has 0 radical (unpaired) electrons. The van der Waals surface area contributed by atoms with E-state index in [0.717, 1.165) is 34.4 Å². The number of aromatic amines is 1. The molecule has 2 N–H and O–H groups in total. The van der Waals surface area contributed by atoms with Crippen molar-refractivity contribution in [2.45, 2.75) is 45.6 Å². The summed E-state index contributed by atoms with van der Waals surface area (Å²) < 4.78 is 13.9. The monoisotopic (exact) mass is 592 g/mol. The lowest BCUT2D eigenvalue weighted by molar-refractivity contribution is 0.0412. The summed E-state index contributed by atoms with van der Waals surface area (Å²) in [5, 5.41) is 17.9. The molecule has 11 heteroatoms. The molecule has 224 valence electrons. The van der Waals surface area contributed by atoms with E-state index < -0.39 is 11.4 Å². The highest BCUT2D eigenvalue weighted by molar-refractivity contribution is 5.80. The van der Waals surface area contributed by atoms with Gasteiger partial charge in [0.25, 0.3) is 5.56 Å². The fourth-order valence-corrected chi connectivity index (χ4v) is 5.27. The van der Waals surface area contributed by atoms with Crippen LogP contribution in [-0.4, -0.2) is 46.6 Å². The van der Waals surface area contributed by atoms with Gasteiger partial charge in [0.1, 0.15) is 17.7 Å². The summed E-state index contributed by atoms with van der Waals surface area (Å²) in [7, 11) is 0. The van der Waals surface area contributed by atoms with Crippen LogP contribution in [0.25, 0.3) is 34.0 Å². The molecule has 3 heterocycles. The van der Waals surface area contributed by atoms with E-state index in [2.05, 4.69) is 27.1 Å². The van der Waals surface area contributed by atoms with Crippen molar-refractivity contribution in [1.82, 2.24) is 29.3 Å². The molecule has 0 aliphatic heterocycles. The number of aromatic nitrogens is 6.